The van der Waals surface area contributed by atoms with E-state index in [1.807, 2.05) is 25.1 Å². The lowest BCUT2D eigenvalue weighted by atomic mass is 10.1. The number of hydrogen-bond acceptors (Lipinski definition) is 5. The Morgan fingerprint density at radius 2 is 2.38 bits per heavy atom. The van der Waals surface area contributed by atoms with E-state index in [1.54, 1.807) is 18.1 Å². The Morgan fingerprint density at radius 1 is 1.50 bits per heavy atom. The Hall–Kier alpha value is -2.57. The van der Waals surface area contributed by atoms with Crippen LogP contribution in [0.4, 0.5) is 5.69 Å². The molecule has 2 atom stereocenters. The fourth-order valence-corrected chi connectivity index (χ4v) is 2.97. The Labute approximate surface area is 141 Å². The topological polar surface area (TPSA) is 72.3 Å². The summed E-state index contributed by atoms with van der Waals surface area (Å²) >= 11 is 0. The minimum absolute atomic E-state index is 0.0275. The first kappa shape index (κ1) is 16.3. The van der Waals surface area contributed by atoms with Crippen LogP contribution in [0.1, 0.15) is 19.4 Å². The van der Waals surface area contributed by atoms with E-state index < -0.39 is 0 Å². The predicted molar refractivity (Wildman–Crippen MR) is 91.1 cm³/mol. The Kier molecular flexibility index (Phi) is 4.98. The van der Waals surface area contributed by atoms with E-state index in [0.29, 0.717) is 12.5 Å². The molecule has 2 aromatic rings. The minimum atomic E-state index is -0.344. The third kappa shape index (κ3) is 3.67. The Bertz CT molecular complexity index is 673. The average Bonchev–Trinajstić information content (AvgIpc) is 3.30. The quantitative estimate of drug-likeness (QED) is 0.869. The summed E-state index contributed by atoms with van der Waals surface area (Å²) in [4.78, 5) is 18.4. The molecule has 128 valence electrons. The molecule has 1 aromatic carbocycles. The first-order valence-electron chi connectivity index (χ1n) is 8.18. The van der Waals surface area contributed by atoms with E-state index in [1.165, 1.54) is 12.0 Å². The van der Waals surface area contributed by atoms with Crippen LogP contribution in [0.25, 0.3) is 0 Å². The van der Waals surface area contributed by atoms with Crippen molar-refractivity contribution in [1.29, 1.82) is 0 Å². The first-order chi connectivity index (χ1) is 11.7. The zero-order chi connectivity index (χ0) is 16.9. The molecule has 7 nitrogen and oxygen atoms in total. The van der Waals surface area contributed by atoms with E-state index in [0.717, 1.165) is 25.3 Å². The molecule has 1 aliphatic rings. The van der Waals surface area contributed by atoms with Crippen molar-refractivity contribution in [3.8, 4) is 5.75 Å². The van der Waals surface area contributed by atoms with Gasteiger partial charge in [-0.2, -0.15) is 5.10 Å². The molecule has 1 aromatic heterocycles. The number of rotatable bonds is 6. The van der Waals surface area contributed by atoms with Crippen molar-refractivity contribution < 1.29 is 9.53 Å². The van der Waals surface area contributed by atoms with Gasteiger partial charge in [0.25, 0.3) is 0 Å². The highest BCUT2D eigenvalue weighted by Crippen LogP contribution is 2.26. The smallest absolute Gasteiger partial charge is 0.244 e. The molecule has 1 amide bonds. The van der Waals surface area contributed by atoms with Crippen LogP contribution in [0, 0.1) is 5.92 Å². The molecule has 7 heteroatoms. The van der Waals surface area contributed by atoms with Gasteiger partial charge in [0.15, 0.2) is 0 Å². The van der Waals surface area contributed by atoms with E-state index in [2.05, 4.69) is 26.4 Å². The van der Waals surface area contributed by atoms with Gasteiger partial charge in [0.05, 0.1) is 7.11 Å². The van der Waals surface area contributed by atoms with Crippen LogP contribution in [0.15, 0.2) is 36.9 Å². The second-order valence-corrected chi connectivity index (χ2v) is 6.10. The van der Waals surface area contributed by atoms with Crippen molar-refractivity contribution in [3.63, 3.8) is 0 Å². The molecule has 2 heterocycles. The van der Waals surface area contributed by atoms with Crippen LogP contribution in [0.5, 0.6) is 5.75 Å². The van der Waals surface area contributed by atoms with Gasteiger partial charge in [0.1, 0.15) is 24.4 Å². The molecule has 3 rings (SSSR count). The second-order valence-electron chi connectivity index (χ2n) is 6.10. The molecule has 1 saturated heterocycles. The Morgan fingerprint density at radius 3 is 3.12 bits per heavy atom. The highest BCUT2D eigenvalue weighted by atomic mass is 16.5. The Balaban J connectivity index is 1.50. The lowest BCUT2D eigenvalue weighted by Crippen LogP contribution is -2.35. The van der Waals surface area contributed by atoms with Crippen LogP contribution < -0.4 is 15.0 Å². The lowest BCUT2D eigenvalue weighted by Gasteiger charge is -2.20. The van der Waals surface area contributed by atoms with E-state index >= 15 is 0 Å². The summed E-state index contributed by atoms with van der Waals surface area (Å²) in [6.45, 7) is 4.43. The number of carbonyl (C=O) groups is 1. The zero-order valence-electron chi connectivity index (χ0n) is 14.1. The molecule has 1 N–H and O–H groups in total. The predicted octanol–water partition coefficient (Wildman–Crippen LogP) is 1.49. The van der Waals surface area contributed by atoms with Gasteiger partial charge in [0, 0.05) is 31.4 Å². The largest absolute Gasteiger partial charge is 0.497 e. The number of nitrogens with zero attached hydrogens (tertiary/aromatic N) is 4. The standard InChI is InChI=1S/C17H23N5O2/c1-13(22-12-18-11-20-22)17(23)19-9-14-6-7-21(10-14)15-4-3-5-16(8-15)24-2/h3-5,8,11-14H,6-7,9-10H2,1-2H3,(H,19,23)/t13-,14-/m0/s1. The van der Waals surface area contributed by atoms with Crippen LogP contribution in [-0.4, -0.2) is 47.4 Å². The summed E-state index contributed by atoms with van der Waals surface area (Å²) in [5.74, 6) is 1.29. The molecule has 0 radical (unpaired) electrons. The highest BCUT2D eigenvalue weighted by molar-refractivity contribution is 5.79. The number of anilines is 1. The molecular weight excluding hydrogens is 306 g/mol. The summed E-state index contributed by atoms with van der Waals surface area (Å²) < 4.78 is 6.85. The van der Waals surface area contributed by atoms with Gasteiger partial charge in [-0.15, -0.1) is 0 Å². The van der Waals surface area contributed by atoms with Crippen molar-refractivity contribution in [3.05, 3.63) is 36.9 Å². The van der Waals surface area contributed by atoms with Gasteiger partial charge in [-0.25, -0.2) is 9.67 Å². The van der Waals surface area contributed by atoms with Crippen LogP contribution in [0.2, 0.25) is 0 Å². The van der Waals surface area contributed by atoms with Crippen molar-refractivity contribution in [2.45, 2.75) is 19.4 Å². The number of aromatic nitrogens is 3. The molecule has 1 aliphatic heterocycles. The summed E-state index contributed by atoms with van der Waals surface area (Å²) in [6.07, 6.45) is 4.06. The van der Waals surface area contributed by atoms with E-state index in [-0.39, 0.29) is 11.9 Å². The molecule has 0 aliphatic carbocycles. The maximum Gasteiger partial charge on any atom is 0.244 e. The van der Waals surface area contributed by atoms with Gasteiger partial charge in [-0.1, -0.05) is 6.07 Å². The van der Waals surface area contributed by atoms with E-state index in [9.17, 15) is 4.79 Å². The lowest BCUT2D eigenvalue weighted by molar-refractivity contribution is -0.124. The molecule has 0 unspecified atom stereocenters. The molecule has 0 bridgehead atoms. The zero-order valence-corrected chi connectivity index (χ0v) is 14.1. The van der Waals surface area contributed by atoms with Crippen LogP contribution in [0.3, 0.4) is 0 Å². The van der Waals surface area contributed by atoms with Gasteiger partial charge in [0.2, 0.25) is 5.91 Å². The SMILES string of the molecule is COc1cccc(N2CC[C@@H](CNC(=O)[C@H](C)n3cncn3)C2)c1. The summed E-state index contributed by atoms with van der Waals surface area (Å²) in [6, 6.07) is 7.75. The fraction of sp³-hybridized carbons (Fsp3) is 0.471. The monoisotopic (exact) mass is 329 g/mol. The maximum atomic E-state index is 12.2. The number of hydrogen-bond donors (Lipinski definition) is 1. The number of nitrogens with one attached hydrogen (secondary N) is 1. The van der Waals surface area contributed by atoms with Crippen LogP contribution in [-0.2, 0) is 4.79 Å². The third-order valence-corrected chi connectivity index (χ3v) is 4.48. The highest BCUT2D eigenvalue weighted by Gasteiger charge is 2.24. The number of benzene rings is 1. The van der Waals surface area contributed by atoms with Gasteiger partial charge < -0.3 is 15.0 Å². The first-order valence-corrected chi connectivity index (χ1v) is 8.18. The van der Waals surface area contributed by atoms with Crippen molar-refractivity contribution >= 4 is 11.6 Å². The minimum Gasteiger partial charge on any atom is -0.497 e. The molecule has 24 heavy (non-hydrogen) atoms. The maximum absolute atomic E-state index is 12.2. The molecule has 1 fully saturated rings. The average molecular weight is 329 g/mol. The van der Waals surface area contributed by atoms with Gasteiger partial charge in [-0.05, 0) is 31.4 Å². The van der Waals surface area contributed by atoms with Crippen LogP contribution >= 0.6 is 0 Å². The summed E-state index contributed by atoms with van der Waals surface area (Å²) in [5, 5.41) is 7.04. The molecular formula is C17H23N5O2. The second kappa shape index (κ2) is 7.33. The normalized spacial score (nSPS) is 18.4. The summed E-state index contributed by atoms with van der Waals surface area (Å²) in [5.41, 5.74) is 1.17. The number of carbonyl (C=O) groups excluding carboxylic acids is 1. The molecule has 0 spiro atoms. The van der Waals surface area contributed by atoms with E-state index in [4.69, 9.17) is 4.74 Å². The van der Waals surface area contributed by atoms with Crippen molar-refractivity contribution in [1.82, 2.24) is 20.1 Å². The number of amides is 1. The number of methoxy groups -OCH3 is 1. The fourth-order valence-electron chi connectivity index (χ4n) is 2.97. The third-order valence-electron chi connectivity index (χ3n) is 4.48. The van der Waals surface area contributed by atoms with Gasteiger partial charge >= 0.3 is 0 Å². The van der Waals surface area contributed by atoms with Crippen molar-refractivity contribution in [2.75, 3.05) is 31.6 Å². The van der Waals surface area contributed by atoms with Crippen molar-refractivity contribution in [2.24, 2.45) is 5.92 Å². The summed E-state index contributed by atoms with van der Waals surface area (Å²) in [7, 11) is 1.68. The van der Waals surface area contributed by atoms with Gasteiger partial charge in [-0.3, -0.25) is 4.79 Å². The molecule has 0 saturated carbocycles. The number of ether oxygens (including phenoxy) is 1.